The maximum atomic E-state index is 11.9. The second-order valence-corrected chi connectivity index (χ2v) is 5.45. The minimum Gasteiger partial charge on any atom is -0.372 e. The van der Waals surface area contributed by atoms with E-state index in [2.05, 4.69) is 36.5 Å². The normalized spacial score (nSPS) is 12.2. The number of carbonyl (C=O) groups is 1. The summed E-state index contributed by atoms with van der Waals surface area (Å²) in [6.07, 6.45) is 4.35. The van der Waals surface area contributed by atoms with Gasteiger partial charge in [-0.05, 0) is 41.4 Å². The van der Waals surface area contributed by atoms with Crippen molar-refractivity contribution in [2.45, 2.75) is 26.3 Å². The Morgan fingerprint density at radius 3 is 3.00 bits per heavy atom. The smallest absolute Gasteiger partial charge is 0.242 e. The minimum absolute atomic E-state index is 0.0195. The van der Waals surface area contributed by atoms with Crippen molar-refractivity contribution in [3.63, 3.8) is 0 Å². The zero-order valence-electron chi connectivity index (χ0n) is 11.5. The Bertz CT molecular complexity index is 617. The first-order valence-electron chi connectivity index (χ1n) is 6.56. The number of carbonyl (C=O) groups excluding carboxylic acids is 1. The van der Waals surface area contributed by atoms with Crippen molar-refractivity contribution in [2.75, 3.05) is 11.9 Å². The molecule has 0 bridgehead atoms. The van der Waals surface area contributed by atoms with Crippen LogP contribution in [0.2, 0.25) is 0 Å². The van der Waals surface area contributed by atoms with Crippen molar-refractivity contribution in [2.24, 2.45) is 0 Å². The first-order valence-corrected chi connectivity index (χ1v) is 7.35. The molecule has 2 N–H and O–H groups in total. The molecule has 1 unspecified atom stereocenters. The molecular weight excluding hydrogens is 320 g/mol. The van der Waals surface area contributed by atoms with E-state index in [-0.39, 0.29) is 11.9 Å². The van der Waals surface area contributed by atoms with Gasteiger partial charge >= 0.3 is 0 Å². The van der Waals surface area contributed by atoms with Crippen molar-refractivity contribution in [1.82, 2.24) is 15.3 Å². The van der Waals surface area contributed by atoms with Crippen LogP contribution in [0.4, 0.5) is 5.69 Å². The molecule has 106 valence electrons. The number of fused-ring (bicyclic) bond motifs is 1. The SMILES string of the molecule is CCCNC(=O)C(C)Nc1ccnc2cc(Br)cnc12. The molecule has 1 amide bonds. The van der Waals surface area contributed by atoms with E-state index in [1.165, 1.54) is 0 Å². The predicted octanol–water partition coefficient (Wildman–Crippen LogP) is 2.72. The van der Waals surface area contributed by atoms with E-state index in [9.17, 15) is 4.79 Å². The lowest BCUT2D eigenvalue weighted by Gasteiger charge is -2.16. The van der Waals surface area contributed by atoms with Crippen molar-refractivity contribution in [3.8, 4) is 0 Å². The Balaban J connectivity index is 2.19. The van der Waals surface area contributed by atoms with Gasteiger partial charge in [-0.1, -0.05) is 6.92 Å². The molecular formula is C14H17BrN4O. The summed E-state index contributed by atoms with van der Waals surface area (Å²) in [6, 6.07) is 3.40. The van der Waals surface area contributed by atoms with Crippen LogP contribution >= 0.6 is 15.9 Å². The van der Waals surface area contributed by atoms with E-state index in [0.29, 0.717) is 6.54 Å². The third kappa shape index (κ3) is 3.45. The monoisotopic (exact) mass is 336 g/mol. The van der Waals surface area contributed by atoms with Gasteiger partial charge in [0.1, 0.15) is 11.6 Å². The molecule has 0 aliphatic carbocycles. The summed E-state index contributed by atoms with van der Waals surface area (Å²) in [5, 5.41) is 6.05. The quantitative estimate of drug-likeness (QED) is 0.880. The summed E-state index contributed by atoms with van der Waals surface area (Å²) < 4.78 is 0.878. The Morgan fingerprint density at radius 2 is 2.25 bits per heavy atom. The Hall–Kier alpha value is -1.69. The highest BCUT2D eigenvalue weighted by atomic mass is 79.9. The van der Waals surface area contributed by atoms with Gasteiger partial charge in [-0.3, -0.25) is 14.8 Å². The lowest BCUT2D eigenvalue weighted by molar-refractivity contribution is -0.121. The number of pyridine rings is 2. The number of hydrogen-bond donors (Lipinski definition) is 2. The number of hydrogen-bond acceptors (Lipinski definition) is 4. The number of rotatable bonds is 5. The summed E-state index contributed by atoms with van der Waals surface area (Å²) in [5.41, 5.74) is 2.35. The van der Waals surface area contributed by atoms with Gasteiger partial charge in [0.25, 0.3) is 0 Å². The van der Waals surface area contributed by atoms with Crippen molar-refractivity contribution in [3.05, 3.63) is 29.0 Å². The number of amides is 1. The molecule has 0 aliphatic heterocycles. The van der Waals surface area contributed by atoms with Crippen molar-refractivity contribution < 1.29 is 4.79 Å². The summed E-state index contributed by atoms with van der Waals surface area (Å²) in [7, 11) is 0. The van der Waals surface area contributed by atoms with Crippen LogP contribution < -0.4 is 10.6 Å². The van der Waals surface area contributed by atoms with E-state index >= 15 is 0 Å². The first-order chi connectivity index (χ1) is 9.61. The van der Waals surface area contributed by atoms with Gasteiger partial charge in [-0.15, -0.1) is 0 Å². The predicted molar refractivity (Wildman–Crippen MR) is 83.6 cm³/mol. The van der Waals surface area contributed by atoms with Gasteiger partial charge in [0.15, 0.2) is 0 Å². The number of halogens is 1. The van der Waals surface area contributed by atoms with Crippen LogP contribution in [-0.4, -0.2) is 28.5 Å². The molecule has 0 aliphatic rings. The van der Waals surface area contributed by atoms with Gasteiger partial charge in [0, 0.05) is 23.4 Å². The summed E-state index contributed by atoms with van der Waals surface area (Å²) in [6.45, 7) is 4.54. The second kappa shape index (κ2) is 6.65. The molecule has 2 aromatic heterocycles. The fraction of sp³-hybridized carbons (Fsp3) is 0.357. The van der Waals surface area contributed by atoms with Crippen molar-refractivity contribution in [1.29, 1.82) is 0 Å². The van der Waals surface area contributed by atoms with E-state index in [1.807, 2.05) is 26.0 Å². The van der Waals surface area contributed by atoms with E-state index in [0.717, 1.165) is 27.6 Å². The zero-order valence-corrected chi connectivity index (χ0v) is 13.1. The average molecular weight is 337 g/mol. The van der Waals surface area contributed by atoms with Crippen molar-refractivity contribution >= 4 is 38.6 Å². The van der Waals surface area contributed by atoms with Gasteiger partial charge in [0.2, 0.25) is 5.91 Å². The highest BCUT2D eigenvalue weighted by molar-refractivity contribution is 9.10. The summed E-state index contributed by atoms with van der Waals surface area (Å²) >= 11 is 3.37. The van der Waals surface area contributed by atoms with Gasteiger partial charge in [0.05, 0.1) is 11.2 Å². The molecule has 1 atom stereocenters. The fourth-order valence-electron chi connectivity index (χ4n) is 1.82. The largest absolute Gasteiger partial charge is 0.372 e. The van der Waals surface area contributed by atoms with E-state index in [1.54, 1.807) is 12.4 Å². The molecule has 2 rings (SSSR count). The maximum Gasteiger partial charge on any atom is 0.242 e. The average Bonchev–Trinajstić information content (AvgIpc) is 2.44. The molecule has 2 heterocycles. The van der Waals surface area contributed by atoms with E-state index in [4.69, 9.17) is 0 Å². The third-order valence-electron chi connectivity index (χ3n) is 2.86. The third-order valence-corrected chi connectivity index (χ3v) is 3.29. The van der Waals surface area contributed by atoms with Gasteiger partial charge < -0.3 is 10.6 Å². The molecule has 2 aromatic rings. The minimum atomic E-state index is -0.322. The Kier molecular flexibility index (Phi) is 4.89. The lowest BCUT2D eigenvalue weighted by Crippen LogP contribution is -2.37. The number of anilines is 1. The first kappa shape index (κ1) is 14.7. The zero-order chi connectivity index (χ0) is 14.5. The summed E-state index contributed by atoms with van der Waals surface area (Å²) in [5.74, 6) is -0.0195. The van der Waals surface area contributed by atoms with E-state index < -0.39 is 0 Å². The molecule has 6 heteroatoms. The second-order valence-electron chi connectivity index (χ2n) is 4.54. The fourth-order valence-corrected chi connectivity index (χ4v) is 2.14. The highest BCUT2D eigenvalue weighted by Gasteiger charge is 2.13. The molecule has 0 saturated heterocycles. The van der Waals surface area contributed by atoms with Crippen LogP contribution in [0.3, 0.4) is 0 Å². The van der Waals surface area contributed by atoms with Crippen LogP contribution in [0, 0.1) is 0 Å². The van der Waals surface area contributed by atoms with Crippen LogP contribution in [0.5, 0.6) is 0 Å². The molecule has 0 saturated carbocycles. The van der Waals surface area contributed by atoms with Gasteiger partial charge in [-0.2, -0.15) is 0 Å². The number of nitrogens with one attached hydrogen (secondary N) is 2. The van der Waals surface area contributed by atoms with Crippen LogP contribution in [0.25, 0.3) is 11.0 Å². The number of aromatic nitrogens is 2. The Morgan fingerprint density at radius 1 is 1.45 bits per heavy atom. The van der Waals surface area contributed by atoms with Crippen LogP contribution in [-0.2, 0) is 4.79 Å². The summed E-state index contributed by atoms with van der Waals surface area (Å²) in [4.78, 5) is 20.5. The molecule has 0 fully saturated rings. The molecule has 20 heavy (non-hydrogen) atoms. The molecule has 5 nitrogen and oxygen atoms in total. The van der Waals surface area contributed by atoms with Crippen LogP contribution in [0.15, 0.2) is 29.0 Å². The molecule has 0 radical (unpaired) electrons. The van der Waals surface area contributed by atoms with Gasteiger partial charge in [-0.25, -0.2) is 0 Å². The molecule has 0 spiro atoms. The highest BCUT2D eigenvalue weighted by Crippen LogP contribution is 2.22. The lowest BCUT2D eigenvalue weighted by atomic mass is 10.2. The van der Waals surface area contributed by atoms with Crippen LogP contribution in [0.1, 0.15) is 20.3 Å². The number of nitrogens with zero attached hydrogens (tertiary/aromatic N) is 2. The maximum absolute atomic E-state index is 11.9. The standard InChI is InChI=1S/C14H17BrN4O/c1-3-5-17-14(20)9(2)19-11-4-6-16-12-7-10(15)8-18-13(11)12/h4,6-9H,3,5H2,1-2H3,(H,16,19)(H,17,20). The topological polar surface area (TPSA) is 66.9 Å². The Labute approximate surface area is 126 Å². The molecule has 0 aromatic carbocycles.